The van der Waals surface area contributed by atoms with Crippen molar-refractivity contribution >= 4 is 17.8 Å². The largest absolute Gasteiger partial charge is 0.458 e. The molecule has 6 nitrogen and oxygen atoms in total. The zero-order valence-corrected chi connectivity index (χ0v) is 12.3. The summed E-state index contributed by atoms with van der Waals surface area (Å²) >= 11 is 0. The molecular weight excluding hydrogens is 298 g/mol. The van der Waals surface area contributed by atoms with Gasteiger partial charge >= 0.3 is 11.9 Å². The van der Waals surface area contributed by atoms with E-state index < -0.39 is 11.9 Å². The smallest absolute Gasteiger partial charge is 0.336 e. The lowest BCUT2D eigenvalue weighted by Gasteiger charge is -2.15. The Bertz CT molecular complexity index is 688. The van der Waals surface area contributed by atoms with Gasteiger partial charge in [0.2, 0.25) is 5.91 Å². The van der Waals surface area contributed by atoms with Gasteiger partial charge in [-0.1, -0.05) is 24.8 Å². The van der Waals surface area contributed by atoms with Crippen LogP contribution in [0.4, 0.5) is 0 Å². The average Bonchev–Trinajstić information content (AvgIpc) is 2.51. The normalized spacial score (nSPS) is 14.2. The highest BCUT2D eigenvalue weighted by Gasteiger charge is 2.13. The molecule has 1 aliphatic heterocycles. The Morgan fingerprint density at radius 2 is 1.87 bits per heavy atom. The van der Waals surface area contributed by atoms with Crippen molar-refractivity contribution in [3.63, 3.8) is 0 Å². The minimum absolute atomic E-state index is 0.0383. The zero-order valence-electron chi connectivity index (χ0n) is 12.3. The SMILES string of the molecule is C=C1CC(COC(=O)/C=C/C(=O)Oc2ccccc2)=CC(=O)N1. The molecule has 23 heavy (non-hydrogen) atoms. The van der Waals surface area contributed by atoms with Crippen LogP contribution in [0, 0.1) is 0 Å². The highest BCUT2D eigenvalue weighted by Crippen LogP contribution is 2.12. The van der Waals surface area contributed by atoms with Gasteiger partial charge < -0.3 is 14.8 Å². The van der Waals surface area contributed by atoms with Crippen molar-refractivity contribution in [2.24, 2.45) is 0 Å². The van der Waals surface area contributed by atoms with E-state index in [9.17, 15) is 14.4 Å². The molecule has 1 aromatic rings. The summed E-state index contributed by atoms with van der Waals surface area (Å²) in [7, 11) is 0. The van der Waals surface area contributed by atoms with Gasteiger partial charge in [0, 0.05) is 30.3 Å². The summed E-state index contributed by atoms with van der Waals surface area (Å²) in [6, 6.07) is 8.49. The van der Waals surface area contributed by atoms with Gasteiger partial charge in [-0.25, -0.2) is 9.59 Å². The number of rotatable bonds is 5. The number of amides is 1. The van der Waals surface area contributed by atoms with Crippen molar-refractivity contribution in [3.8, 4) is 5.75 Å². The van der Waals surface area contributed by atoms with E-state index in [0.717, 1.165) is 12.2 Å². The Hall–Kier alpha value is -3.15. The minimum Gasteiger partial charge on any atom is -0.458 e. The summed E-state index contributed by atoms with van der Waals surface area (Å²) in [5.74, 6) is -1.30. The molecule has 1 N–H and O–H groups in total. The molecule has 6 heteroatoms. The molecular formula is C17H15NO5. The quantitative estimate of drug-likeness (QED) is 0.508. The molecule has 1 aromatic carbocycles. The fraction of sp³-hybridized carbons (Fsp3) is 0.118. The van der Waals surface area contributed by atoms with E-state index in [0.29, 0.717) is 23.4 Å². The second-order valence-corrected chi connectivity index (χ2v) is 4.75. The molecule has 0 bridgehead atoms. The van der Waals surface area contributed by atoms with Crippen LogP contribution < -0.4 is 10.1 Å². The number of allylic oxidation sites excluding steroid dienone is 1. The van der Waals surface area contributed by atoms with Crippen LogP contribution in [0.1, 0.15) is 6.42 Å². The summed E-state index contributed by atoms with van der Waals surface area (Å²) < 4.78 is 9.93. The maximum absolute atomic E-state index is 11.5. The molecule has 1 heterocycles. The summed E-state index contributed by atoms with van der Waals surface area (Å²) in [6.07, 6.45) is 3.74. The van der Waals surface area contributed by atoms with Crippen molar-refractivity contribution in [1.29, 1.82) is 0 Å². The molecule has 0 fully saturated rings. The van der Waals surface area contributed by atoms with Crippen molar-refractivity contribution in [1.82, 2.24) is 5.32 Å². The van der Waals surface area contributed by atoms with E-state index in [4.69, 9.17) is 9.47 Å². The molecule has 1 amide bonds. The van der Waals surface area contributed by atoms with Crippen molar-refractivity contribution in [3.05, 3.63) is 66.4 Å². The Balaban J connectivity index is 1.79. The zero-order chi connectivity index (χ0) is 16.7. The number of nitrogens with one attached hydrogen (secondary N) is 1. The van der Waals surface area contributed by atoms with Crippen LogP contribution in [0.3, 0.4) is 0 Å². The number of benzene rings is 1. The Kier molecular flexibility index (Phi) is 5.46. The van der Waals surface area contributed by atoms with Crippen LogP contribution in [0.25, 0.3) is 0 Å². The van der Waals surface area contributed by atoms with Crippen LogP contribution in [0.2, 0.25) is 0 Å². The number of ether oxygens (including phenoxy) is 2. The molecule has 0 saturated heterocycles. The van der Waals surface area contributed by atoms with Crippen molar-refractivity contribution in [2.75, 3.05) is 6.61 Å². The number of esters is 2. The molecule has 1 aliphatic rings. The second kappa shape index (κ2) is 7.74. The van der Waals surface area contributed by atoms with Gasteiger partial charge in [-0.2, -0.15) is 0 Å². The number of hydrogen-bond acceptors (Lipinski definition) is 5. The molecule has 0 saturated carbocycles. The van der Waals surface area contributed by atoms with Gasteiger partial charge in [0.25, 0.3) is 0 Å². The average molecular weight is 313 g/mol. The van der Waals surface area contributed by atoms with Crippen LogP contribution in [0.5, 0.6) is 5.75 Å². The first-order valence-corrected chi connectivity index (χ1v) is 6.83. The molecule has 0 aromatic heterocycles. The Morgan fingerprint density at radius 3 is 2.57 bits per heavy atom. The fourth-order valence-corrected chi connectivity index (χ4v) is 1.84. The Morgan fingerprint density at radius 1 is 1.17 bits per heavy atom. The molecule has 0 radical (unpaired) electrons. The van der Waals surface area contributed by atoms with E-state index in [1.54, 1.807) is 30.3 Å². The third-order valence-electron chi connectivity index (χ3n) is 2.79. The number of carbonyl (C=O) groups is 3. The van der Waals surface area contributed by atoms with Gasteiger partial charge in [0.1, 0.15) is 12.4 Å². The van der Waals surface area contributed by atoms with E-state index in [2.05, 4.69) is 11.9 Å². The molecule has 0 unspecified atom stereocenters. The Labute approximate surface area is 133 Å². The maximum Gasteiger partial charge on any atom is 0.336 e. The molecule has 0 aliphatic carbocycles. The minimum atomic E-state index is -0.701. The van der Waals surface area contributed by atoms with E-state index in [1.165, 1.54) is 6.08 Å². The first-order chi connectivity index (χ1) is 11.0. The maximum atomic E-state index is 11.5. The summed E-state index contributed by atoms with van der Waals surface area (Å²) in [6.45, 7) is 3.61. The van der Waals surface area contributed by atoms with E-state index >= 15 is 0 Å². The van der Waals surface area contributed by atoms with Crippen LogP contribution >= 0.6 is 0 Å². The van der Waals surface area contributed by atoms with E-state index in [1.807, 2.05) is 0 Å². The van der Waals surface area contributed by atoms with Gasteiger partial charge in [-0.15, -0.1) is 0 Å². The predicted molar refractivity (Wildman–Crippen MR) is 82.2 cm³/mol. The highest BCUT2D eigenvalue weighted by atomic mass is 16.5. The van der Waals surface area contributed by atoms with Gasteiger partial charge in [0.05, 0.1) is 0 Å². The molecule has 0 spiro atoms. The third kappa shape index (κ3) is 5.62. The first kappa shape index (κ1) is 16.2. The lowest BCUT2D eigenvalue weighted by molar-refractivity contribution is -0.137. The standard InChI is InChI=1S/C17H15NO5/c1-12-9-13(10-15(19)18-12)11-22-16(20)7-8-17(21)23-14-5-3-2-4-6-14/h2-8,10H,1,9,11H2,(H,18,19)/b8-7+. The number of para-hydroxylation sites is 1. The van der Waals surface area contributed by atoms with Crippen molar-refractivity contribution < 1.29 is 23.9 Å². The summed E-state index contributed by atoms with van der Waals surface area (Å²) in [5.41, 5.74) is 1.18. The third-order valence-corrected chi connectivity index (χ3v) is 2.79. The highest BCUT2D eigenvalue weighted by molar-refractivity contribution is 5.93. The van der Waals surface area contributed by atoms with Crippen molar-refractivity contribution in [2.45, 2.75) is 6.42 Å². The van der Waals surface area contributed by atoms with Crippen LogP contribution in [0.15, 0.2) is 66.4 Å². The lowest BCUT2D eigenvalue weighted by atomic mass is 10.1. The topological polar surface area (TPSA) is 81.7 Å². The molecule has 118 valence electrons. The van der Waals surface area contributed by atoms with Gasteiger partial charge in [0.15, 0.2) is 0 Å². The number of hydrogen-bond donors (Lipinski definition) is 1. The fourth-order valence-electron chi connectivity index (χ4n) is 1.84. The molecule has 2 rings (SSSR count). The van der Waals surface area contributed by atoms with Crippen LogP contribution in [-0.4, -0.2) is 24.5 Å². The number of carbonyl (C=O) groups excluding carboxylic acids is 3. The molecule has 0 atom stereocenters. The second-order valence-electron chi connectivity index (χ2n) is 4.75. The lowest BCUT2D eigenvalue weighted by Crippen LogP contribution is -2.26. The summed E-state index contributed by atoms with van der Waals surface area (Å²) in [4.78, 5) is 34.3. The van der Waals surface area contributed by atoms with Crippen LogP contribution in [-0.2, 0) is 19.1 Å². The first-order valence-electron chi connectivity index (χ1n) is 6.83. The predicted octanol–water partition coefficient (Wildman–Crippen LogP) is 1.65. The summed E-state index contributed by atoms with van der Waals surface area (Å²) in [5, 5.41) is 2.53. The monoisotopic (exact) mass is 313 g/mol. The van der Waals surface area contributed by atoms with Gasteiger partial charge in [-0.05, 0) is 17.7 Å². The van der Waals surface area contributed by atoms with E-state index in [-0.39, 0.29) is 12.5 Å². The van der Waals surface area contributed by atoms with Gasteiger partial charge in [-0.3, -0.25) is 4.79 Å².